The maximum atomic E-state index is 13.0. The van der Waals surface area contributed by atoms with Crippen LogP contribution in [0.1, 0.15) is 29.6 Å². The first-order valence-corrected chi connectivity index (χ1v) is 11.3. The number of nitrogens with zero attached hydrogens (tertiary/aromatic N) is 1. The van der Waals surface area contributed by atoms with Crippen LogP contribution < -0.4 is 25.0 Å². The molecule has 2 heterocycles. The van der Waals surface area contributed by atoms with Gasteiger partial charge in [0.05, 0.1) is 43.2 Å². The number of hydrogen-bond donors (Lipinski definition) is 2. The average molecular weight is 468 g/mol. The Morgan fingerprint density at radius 1 is 1.15 bits per heavy atom. The molecule has 180 valence electrons. The van der Waals surface area contributed by atoms with Gasteiger partial charge < -0.3 is 29.7 Å². The number of carbonyl (C=O) groups excluding carboxylic acids is 3. The van der Waals surface area contributed by atoms with Crippen molar-refractivity contribution >= 4 is 29.1 Å². The Morgan fingerprint density at radius 3 is 2.71 bits per heavy atom. The Hall–Kier alpha value is -3.59. The summed E-state index contributed by atoms with van der Waals surface area (Å²) in [5, 5.41) is 5.72. The Labute approximate surface area is 198 Å². The van der Waals surface area contributed by atoms with Gasteiger partial charge in [-0.25, -0.2) is 0 Å². The second-order valence-electron chi connectivity index (χ2n) is 8.32. The van der Waals surface area contributed by atoms with Crippen molar-refractivity contribution in [3.63, 3.8) is 0 Å². The molecule has 2 saturated heterocycles. The number of carbonyl (C=O) groups is 3. The Kier molecular flexibility index (Phi) is 7.32. The maximum absolute atomic E-state index is 13.0. The molecule has 0 unspecified atom stereocenters. The fourth-order valence-corrected chi connectivity index (χ4v) is 4.26. The van der Waals surface area contributed by atoms with Gasteiger partial charge in [0.2, 0.25) is 11.8 Å². The zero-order valence-electron chi connectivity index (χ0n) is 19.3. The van der Waals surface area contributed by atoms with E-state index in [2.05, 4.69) is 10.6 Å². The number of rotatable bonds is 8. The number of nitrogens with one attached hydrogen (secondary N) is 2. The highest BCUT2D eigenvalue weighted by molar-refractivity contribution is 6.07. The van der Waals surface area contributed by atoms with Gasteiger partial charge in [-0.05, 0) is 37.1 Å². The standard InChI is InChI=1S/C25H29N3O6/c1-32-17-9-10-21(22(13-17)33-2)28-15-16(12-23(28)29)24(30)27-20-8-4-3-7-19(20)25(31)26-14-18-6-5-11-34-18/h3-4,7-10,13,16,18H,5-6,11-12,14-15H2,1-2H3,(H,26,31)(H,27,30)/t16-,18+/m0/s1. The predicted molar refractivity (Wildman–Crippen MR) is 126 cm³/mol. The van der Waals surface area contributed by atoms with Gasteiger partial charge >= 0.3 is 0 Å². The van der Waals surface area contributed by atoms with Gasteiger partial charge in [0.1, 0.15) is 11.5 Å². The van der Waals surface area contributed by atoms with Gasteiger partial charge in [-0.2, -0.15) is 0 Å². The van der Waals surface area contributed by atoms with Crippen LogP contribution in [-0.2, 0) is 14.3 Å². The second-order valence-corrected chi connectivity index (χ2v) is 8.32. The first kappa shape index (κ1) is 23.6. The van der Waals surface area contributed by atoms with Crippen molar-refractivity contribution in [1.29, 1.82) is 0 Å². The number of hydrogen-bond acceptors (Lipinski definition) is 6. The lowest BCUT2D eigenvalue weighted by atomic mass is 10.1. The molecule has 2 fully saturated rings. The van der Waals surface area contributed by atoms with E-state index in [9.17, 15) is 14.4 Å². The van der Waals surface area contributed by atoms with Crippen molar-refractivity contribution in [3.05, 3.63) is 48.0 Å². The van der Waals surface area contributed by atoms with E-state index in [0.717, 1.165) is 12.8 Å². The molecule has 2 aromatic carbocycles. The van der Waals surface area contributed by atoms with Gasteiger partial charge in [-0.3, -0.25) is 14.4 Å². The van der Waals surface area contributed by atoms with E-state index in [-0.39, 0.29) is 36.8 Å². The van der Waals surface area contributed by atoms with Crippen molar-refractivity contribution in [1.82, 2.24) is 5.32 Å². The molecule has 3 amide bonds. The van der Waals surface area contributed by atoms with E-state index in [1.807, 2.05) is 0 Å². The summed E-state index contributed by atoms with van der Waals surface area (Å²) in [7, 11) is 3.07. The van der Waals surface area contributed by atoms with Crippen LogP contribution in [0.5, 0.6) is 11.5 Å². The van der Waals surface area contributed by atoms with Crippen LogP contribution in [0.3, 0.4) is 0 Å². The first-order valence-electron chi connectivity index (χ1n) is 11.3. The van der Waals surface area contributed by atoms with Crippen molar-refractivity contribution in [2.24, 2.45) is 5.92 Å². The molecule has 2 aliphatic heterocycles. The van der Waals surface area contributed by atoms with Crippen LogP contribution in [0.25, 0.3) is 0 Å². The predicted octanol–water partition coefficient (Wildman–Crippen LogP) is 2.60. The van der Waals surface area contributed by atoms with E-state index in [4.69, 9.17) is 14.2 Å². The first-order chi connectivity index (χ1) is 16.5. The highest BCUT2D eigenvalue weighted by Crippen LogP contribution is 2.36. The summed E-state index contributed by atoms with van der Waals surface area (Å²) in [6, 6.07) is 12.0. The molecule has 0 saturated carbocycles. The third kappa shape index (κ3) is 5.14. The molecule has 0 aliphatic carbocycles. The molecule has 9 nitrogen and oxygen atoms in total. The number of para-hydroxylation sites is 1. The number of amides is 3. The molecule has 0 spiro atoms. The minimum Gasteiger partial charge on any atom is -0.497 e. The number of methoxy groups -OCH3 is 2. The molecule has 0 radical (unpaired) electrons. The van der Waals surface area contributed by atoms with Crippen LogP contribution >= 0.6 is 0 Å². The molecule has 9 heteroatoms. The fraction of sp³-hybridized carbons (Fsp3) is 0.400. The molecule has 2 aromatic rings. The molecule has 0 bridgehead atoms. The van der Waals surface area contributed by atoms with E-state index >= 15 is 0 Å². The fourth-order valence-electron chi connectivity index (χ4n) is 4.26. The van der Waals surface area contributed by atoms with Crippen LogP contribution in [0.15, 0.2) is 42.5 Å². The molecule has 0 aromatic heterocycles. The van der Waals surface area contributed by atoms with Crippen molar-refractivity contribution in [3.8, 4) is 11.5 Å². The summed E-state index contributed by atoms with van der Waals surface area (Å²) in [5.74, 6) is -0.243. The quantitative estimate of drug-likeness (QED) is 0.618. The summed E-state index contributed by atoms with van der Waals surface area (Å²) in [4.78, 5) is 40.1. The maximum Gasteiger partial charge on any atom is 0.253 e. The van der Waals surface area contributed by atoms with Crippen molar-refractivity contribution in [2.75, 3.05) is 44.1 Å². The third-order valence-corrected chi connectivity index (χ3v) is 6.12. The van der Waals surface area contributed by atoms with Crippen molar-refractivity contribution < 1.29 is 28.6 Å². The molecular weight excluding hydrogens is 438 g/mol. The minimum absolute atomic E-state index is 0.0242. The molecule has 2 atom stereocenters. The smallest absolute Gasteiger partial charge is 0.253 e. The largest absolute Gasteiger partial charge is 0.497 e. The monoisotopic (exact) mass is 467 g/mol. The molecule has 34 heavy (non-hydrogen) atoms. The molecule has 2 N–H and O–H groups in total. The third-order valence-electron chi connectivity index (χ3n) is 6.12. The van der Waals surface area contributed by atoms with Crippen LogP contribution in [0.2, 0.25) is 0 Å². The van der Waals surface area contributed by atoms with Gasteiger partial charge in [-0.15, -0.1) is 0 Å². The van der Waals surface area contributed by atoms with Gasteiger partial charge in [0, 0.05) is 32.2 Å². The zero-order valence-corrected chi connectivity index (χ0v) is 19.3. The normalized spacial score (nSPS) is 19.7. The summed E-state index contributed by atoms with van der Waals surface area (Å²) < 4.78 is 16.2. The topological polar surface area (TPSA) is 106 Å². The number of anilines is 2. The second kappa shape index (κ2) is 10.6. The molecule has 4 rings (SSSR count). The van der Waals surface area contributed by atoms with Gasteiger partial charge in [0.25, 0.3) is 5.91 Å². The lowest BCUT2D eigenvalue weighted by Crippen LogP contribution is -2.33. The van der Waals surface area contributed by atoms with Crippen LogP contribution in [0.4, 0.5) is 11.4 Å². The average Bonchev–Trinajstić information content (AvgIpc) is 3.52. The van der Waals surface area contributed by atoms with Crippen LogP contribution in [0, 0.1) is 5.92 Å². The zero-order chi connectivity index (χ0) is 24.1. The highest BCUT2D eigenvalue weighted by Gasteiger charge is 2.36. The number of ether oxygens (including phenoxy) is 3. The van der Waals surface area contributed by atoms with E-state index < -0.39 is 5.92 Å². The van der Waals surface area contributed by atoms with Gasteiger partial charge in [0.15, 0.2) is 0 Å². The SMILES string of the molecule is COc1ccc(N2C[C@@H](C(=O)Nc3ccccc3C(=O)NC[C@H]3CCCO3)CC2=O)c(OC)c1. The number of benzene rings is 2. The lowest BCUT2D eigenvalue weighted by Gasteiger charge is -2.20. The van der Waals surface area contributed by atoms with E-state index in [1.165, 1.54) is 7.11 Å². The van der Waals surface area contributed by atoms with E-state index in [0.29, 0.717) is 41.6 Å². The summed E-state index contributed by atoms with van der Waals surface area (Å²) in [6.45, 7) is 1.35. The minimum atomic E-state index is -0.567. The summed E-state index contributed by atoms with van der Waals surface area (Å²) in [5.41, 5.74) is 1.36. The highest BCUT2D eigenvalue weighted by atomic mass is 16.5. The Bertz CT molecular complexity index is 1070. The summed E-state index contributed by atoms with van der Waals surface area (Å²) >= 11 is 0. The van der Waals surface area contributed by atoms with Crippen molar-refractivity contribution in [2.45, 2.75) is 25.4 Å². The Morgan fingerprint density at radius 2 is 1.97 bits per heavy atom. The van der Waals surface area contributed by atoms with E-state index in [1.54, 1.807) is 54.5 Å². The molecule has 2 aliphatic rings. The Balaban J connectivity index is 1.43. The van der Waals surface area contributed by atoms with Crippen LogP contribution in [-0.4, -0.2) is 57.7 Å². The molecular formula is C25H29N3O6. The summed E-state index contributed by atoms with van der Waals surface area (Å²) in [6.07, 6.45) is 2.00. The lowest BCUT2D eigenvalue weighted by molar-refractivity contribution is -0.122. The van der Waals surface area contributed by atoms with Gasteiger partial charge in [-0.1, -0.05) is 12.1 Å².